The van der Waals surface area contributed by atoms with Crippen molar-refractivity contribution in [3.05, 3.63) is 66.0 Å². The summed E-state index contributed by atoms with van der Waals surface area (Å²) in [5.74, 6) is -1.67. The molecule has 0 radical (unpaired) electrons. The number of carbonyl (C=O) groups excluding carboxylic acids is 6. The molecule has 2 aromatic rings. The summed E-state index contributed by atoms with van der Waals surface area (Å²) in [6.07, 6.45) is 4.19. The highest BCUT2D eigenvalue weighted by molar-refractivity contribution is 7.80. The number of urea groups is 2. The molecule has 0 saturated heterocycles. The van der Waals surface area contributed by atoms with E-state index in [0.717, 1.165) is 11.1 Å². The van der Waals surface area contributed by atoms with Gasteiger partial charge in [-0.1, -0.05) is 36.4 Å². The van der Waals surface area contributed by atoms with Gasteiger partial charge >= 0.3 is 12.1 Å². The van der Waals surface area contributed by atoms with Crippen LogP contribution in [0.15, 0.2) is 54.9 Å². The van der Waals surface area contributed by atoms with E-state index in [9.17, 15) is 28.8 Å². The molecule has 10 N–H and O–H groups in total. The molecule has 48 heavy (non-hydrogen) atoms. The van der Waals surface area contributed by atoms with Crippen molar-refractivity contribution in [3.63, 3.8) is 0 Å². The van der Waals surface area contributed by atoms with Gasteiger partial charge in [0.25, 0.3) is 0 Å². The maximum atomic E-state index is 13.5. The van der Waals surface area contributed by atoms with Gasteiger partial charge in [-0.05, 0) is 42.9 Å². The molecule has 0 aliphatic carbocycles. The van der Waals surface area contributed by atoms with Crippen LogP contribution < -0.4 is 43.4 Å². The van der Waals surface area contributed by atoms with Crippen LogP contribution in [0.2, 0.25) is 0 Å². The SMILES string of the molecule is NC(=O)NCCCC(NC(=O)CN(Cc1ccccc1)C(=O)CNCc1cccnc1)C(=O)NC(CCCNC(N)=O)C(=O)NCCS. The molecule has 0 aliphatic rings. The zero-order valence-electron chi connectivity index (χ0n) is 26.8. The molecule has 0 saturated carbocycles. The minimum Gasteiger partial charge on any atom is -0.353 e. The molecule has 16 nitrogen and oxygen atoms in total. The molecule has 1 aromatic heterocycles. The first-order chi connectivity index (χ1) is 23.1. The Morgan fingerprint density at radius 1 is 0.771 bits per heavy atom. The van der Waals surface area contributed by atoms with E-state index >= 15 is 0 Å². The summed E-state index contributed by atoms with van der Waals surface area (Å²) in [5.41, 5.74) is 12.0. The van der Waals surface area contributed by atoms with Gasteiger partial charge in [-0.25, -0.2) is 9.59 Å². The Hall–Kier alpha value is -4.90. The number of hydrogen-bond acceptors (Lipinski definition) is 9. The number of pyridine rings is 1. The molecule has 0 bridgehead atoms. The normalized spacial score (nSPS) is 11.8. The summed E-state index contributed by atoms with van der Waals surface area (Å²) >= 11 is 4.10. The molecular formula is C31H46N10O6S. The maximum absolute atomic E-state index is 13.5. The van der Waals surface area contributed by atoms with E-state index < -0.39 is 41.9 Å². The van der Waals surface area contributed by atoms with Crippen molar-refractivity contribution in [1.82, 2.24) is 41.8 Å². The number of rotatable bonds is 22. The zero-order chi connectivity index (χ0) is 35.1. The topological polar surface area (TPSA) is 243 Å². The molecule has 2 unspecified atom stereocenters. The van der Waals surface area contributed by atoms with Gasteiger partial charge in [-0.3, -0.25) is 24.2 Å². The Kier molecular flexibility index (Phi) is 18.5. The lowest BCUT2D eigenvalue weighted by Gasteiger charge is -2.26. The molecule has 2 rings (SSSR count). The third-order valence-corrected chi connectivity index (χ3v) is 7.09. The van der Waals surface area contributed by atoms with Gasteiger partial charge in [0.15, 0.2) is 0 Å². The smallest absolute Gasteiger partial charge is 0.312 e. The lowest BCUT2D eigenvalue weighted by Crippen LogP contribution is -2.55. The van der Waals surface area contributed by atoms with Crippen molar-refractivity contribution in [1.29, 1.82) is 0 Å². The fourth-order valence-corrected chi connectivity index (χ4v) is 4.64. The number of nitrogens with two attached hydrogens (primary N) is 2. The predicted octanol–water partition coefficient (Wildman–Crippen LogP) is -0.887. The molecule has 17 heteroatoms. The van der Waals surface area contributed by atoms with E-state index in [-0.39, 0.29) is 64.4 Å². The van der Waals surface area contributed by atoms with E-state index in [4.69, 9.17) is 11.5 Å². The van der Waals surface area contributed by atoms with Gasteiger partial charge < -0.3 is 48.3 Å². The molecule has 0 aliphatic heterocycles. The van der Waals surface area contributed by atoms with Crippen molar-refractivity contribution in [2.75, 3.05) is 38.5 Å². The van der Waals surface area contributed by atoms with Crippen molar-refractivity contribution < 1.29 is 28.8 Å². The quantitative estimate of drug-likeness (QED) is 0.0555. The standard InChI is InChI=1S/C31H46N10O6S/c32-30(46)37-13-5-10-24(28(44)36-15-16-48)40-29(45)25(11-6-14-38-31(33)47)39-26(42)21-41(20-22-7-2-1-3-8-22)27(43)19-35-18-23-9-4-12-34-17-23/h1-4,7-9,12,17,24-25,35,48H,5-6,10-11,13-16,18-21H2,(H,36,44)(H,39,42)(H,40,45)(H3,32,37,46)(H3,33,38,47). The second-order valence-corrected chi connectivity index (χ2v) is 11.2. The van der Waals surface area contributed by atoms with Crippen LogP contribution in [-0.2, 0) is 32.3 Å². The fourth-order valence-electron chi connectivity index (χ4n) is 4.53. The van der Waals surface area contributed by atoms with E-state index in [0.29, 0.717) is 18.7 Å². The number of thiol groups is 1. The number of hydrogen-bond donors (Lipinski definition) is 9. The lowest BCUT2D eigenvalue weighted by atomic mass is 10.1. The fraction of sp³-hybridized carbons (Fsp3) is 0.452. The summed E-state index contributed by atoms with van der Waals surface area (Å²) in [5, 5.41) is 16.0. The second-order valence-electron chi connectivity index (χ2n) is 10.8. The lowest BCUT2D eigenvalue weighted by molar-refractivity contribution is -0.137. The summed E-state index contributed by atoms with van der Waals surface area (Å²) in [7, 11) is 0. The van der Waals surface area contributed by atoms with Crippen LogP contribution in [0.25, 0.3) is 0 Å². The number of amides is 8. The Labute approximate surface area is 285 Å². The maximum Gasteiger partial charge on any atom is 0.312 e. The van der Waals surface area contributed by atoms with Gasteiger partial charge in [0.1, 0.15) is 12.1 Å². The Balaban J connectivity index is 2.15. The molecule has 1 aromatic carbocycles. The van der Waals surface area contributed by atoms with Gasteiger partial charge in [-0.15, -0.1) is 0 Å². The zero-order valence-corrected chi connectivity index (χ0v) is 27.7. The molecule has 0 spiro atoms. The van der Waals surface area contributed by atoms with Crippen molar-refractivity contribution in [3.8, 4) is 0 Å². The highest BCUT2D eigenvalue weighted by Gasteiger charge is 2.27. The minimum absolute atomic E-state index is 0.0502. The summed E-state index contributed by atoms with van der Waals surface area (Å²) in [6, 6.07) is 9.26. The number of carbonyl (C=O) groups is 6. The third-order valence-electron chi connectivity index (χ3n) is 6.86. The van der Waals surface area contributed by atoms with Gasteiger partial charge in [-0.2, -0.15) is 12.6 Å². The highest BCUT2D eigenvalue weighted by atomic mass is 32.1. The first-order valence-electron chi connectivity index (χ1n) is 15.5. The Morgan fingerprint density at radius 3 is 1.98 bits per heavy atom. The third kappa shape index (κ3) is 16.6. The molecule has 0 fully saturated rings. The van der Waals surface area contributed by atoms with Crippen LogP contribution >= 0.6 is 12.6 Å². The van der Waals surface area contributed by atoms with Crippen molar-refractivity contribution in [2.24, 2.45) is 11.5 Å². The van der Waals surface area contributed by atoms with Crippen LogP contribution in [0, 0.1) is 0 Å². The number of benzene rings is 1. The van der Waals surface area contributed by atoms with Gasteiger partial charge in [0.05, 0.1) is 13.1 Å². The number of aromatic nitrogens is 1. The van der Waals surface area contributed by atoms with Crippen molar-refractivity contribution in [2.45, 2.75) is 50.9 Å². The molecular weight excluding hydrogens is 640 g/mol. The first-order valence-corrected chi connectivity index (χ1v) is 16.2. The van der Waals surface area contributed by atoms with Gasteiger partial charge in [0.2, 0.25) is 23.6 Å². The summed E-state index contributed by atoms with van der Waals surface area (Å²) in [4.78, 5) is 80.7. The summed E-state index contributed by atoms with van der Waals surface area (Å²) in [6.45, 7) is 0.724. The van der Waals surface area contributed by atoms with Crippen LogP contribution in [0.5, 0.6) is 0 Å². The molecule has 262 valence electrons. The monoisotopic (exact) mass is 686 g/mol. The predicted molar refractivity (Wildman–Crippen MR) is 182 cm³/mol. The van der Waals surface area contributed by atoms with E-state index in [1.54, 1.807) is 18.5 Å². The second kappa shape index (κ2) is 22.6. The van der Waals surface area contributed by atoms with E-state index in [1.165, 1.54) is 4.90 Å². The Morgan fingerprint density at radius 2 is 1.40 bits per heavy atom. The molecule has 8 amide bonds. The van der Waals surface area contributed by atoms with Crippen LogP contribution in [0.3, 0.4) is 0 Å². The summed E-state index contributed by atoms with van der Waals surface area (Å²) < 4.78 is 0. The average Bonchev–Trinajstić information content (AvgIpc) is 3.06. The molecule has 2 atom stereocenters. The Bertz CT molecular complexity index is 1320. The van der Waals surface area contributed by atoms with Gasteiger partial charge in [0, 0.05) is 50.9 Å². The largest absolute Gasteiger partial charge is 0.353 e. The van der Waals surface area contributed by atoms with Crippen LogP contribution in [0.1, 0.15) is 36.8 Å². The number of nitrogens with zero attached hydrogens (tertiary/aromatic N) is 2. The van der Waals surface area contributed by atoms with E-state index in [1.807, 2.05) is 36.4 Å². The van der Waals surface area contributed by atoms with Crippen LogP contribution in [0.4, 0.5) is 9.59 Å². The van der Waals surface area contributed by atoms with Crippen LogP contribution in [-0.4, -0.2) is 96.1 Å². The molecule has 1 heterocycles. The number of nitrogens with one attached hydrogen (secondary N) is 6. The van der Waals surface area contributed by atoms with E-state index in [2.05, 4.69) is 49.5 Å². The average molecular weight is 687 g/mol. The minimum atomic E-state index is -1.12. The number of primary amides is 2. The van der Waals surface area contributed by atoms with Crippen molar-refractivity contribution >= 4 is 48.3 Å². The first kappa shape index (κ1) is 39.3. The highest BCUT2D eigenvalue weighted by Crippen LogP contribution is 2.07.